The zero-order chi connectivity index (χ0) is 15.5. The summed E-state index contributed by atoms with van der Waals surface area (Å²) in [6.45, 7) is 0. The Balaban J connectivity index is 1.95. The van der Waals surface area contributed by atoms with Gasteiger partial charge in [-0.05, 0) is 48.4 Å². The van der Waals surface area contributed by atoms with E-state index in [1.165, 1.54) is 11.1 Å². The second-order valence-electron chi connectivity index (χ2n) is 5.31. The Labute approximate surface area is 141 Å². The van der Waals surface area contributed by atoms with Gasteiger partial charge >= 0.3 is 0 Å². The van der Waals surface area contributed by atoms with Gasteiger partial charge in [0.1, 0.15) is 11.6 Å². The highest BCUT2D eigenvalue weighted by Gasteiger charge is 2.20. The molecule has 0 spiro atoms. The van der Waals surface area contributed by atoms with Gasteiger partial charge in [-0.2, -0.15) is 5.26 Å². The summed E-state index contributed by atoms with van der Waals surface area (Å²) in [7, 11) is 0. The van der Waals surface area contributed by atoms with Crippen LogP contribution in [0.1, 0.15) is 35.1 Å². The largest absolute Gasteiger partial charge is 0.316 e. The SMILES string of the molecule is N#Cc1c2c(c(SCc3ccccc3Br)[nH]c1=O)CCCC2. The van der Waals surface area contributed by atoms with E-state index < -0.39 is 0 Å². The molecule has 0 saturated heterocycles. The molecule has 0 atom stereocenters. The molecule has 0 saturated carbocycles. The first-order chi connectivity index (χ1) is 10.7. The fourth-order valence-electron chi connectivity index (χ4n) is 2.82. The number of rotatable bonds is 3. The molecule has 3 rings (SSSR count). The first-order valence-corrected chi connectivity index (χ1v) is 9.03. The number of fused-ring (bicyclic) bond motifs is 1. The number of halogens is 1. The molecule has 1 heterocycles. The minimum Gasteiger partial charge on any atom is -0.316 e. The molecule has 1 aliphatic carbocycles. The zero-order valence-electron chi connectivity index (χ0n) is 12.0. The van der Waals surface area contributed by atoms with E-state index in [1.807, 2.05) is 18.2 Å². The van der Waals surface area contributed by atoms with Gasteiger partial charge in [0.25, 0.3) is 5.56 Å². The van der Waals surface area contributed by atoms with E-state index in [0.29, 0.717) is 5.56 Å². The van der Waals surface area contributed by atoms with E-state index >= 15 is 0 Å². The lowest BCUT2D eigenvalue weighted by Gasteiger charge is -2.19. The van der Waals surface area contributed by atoms with E-state index in [1.54, 1.807) is 11.8 Å². The Hall–Kier alpha value is -1.51. The molecule has 0 radical (unpaired) electrons. The van der Waals surface area contributed by atoms with Crippen molar-refractivity contribution in [2.24, 2.45) is 0 Å². The van der Waals surface area contributed by atoms with Crippen molar-refractivity contribution in [2.45, 2.75) is 36.5 Å². The van der Waals surface area contributed by atoms with Gasteiger partial charge in [-0.1, -0.05) is 34.1 Å². The number of thioether (sulfide) groups is 1. The summed E-state index contributed by atoms with van der Waals surface area (Å²) in [4.78, 5) is 15.0. The maximum absolute atomic E-state index is 12.1. The van der Waals surface area contributed by atoms with Crippen LogP contribution in [-0.4, -0.2) is 4.98 Å². The standard InChI is InChI=1S/C17H15BrN2OS/c18-15-8-4-1-5-11(15)10-22-17-13-7-3-2-6-12(13)14(9-19)16(21)20-17/h1,4-5,8H,2-3,6-7,10H2,(H,20,21). The van der Waals surface area contributed by atoms with Crippen LogP contribution in [0, 0.1) is 11.3 Å². The van der Waals surface area contributed by atoms with Gasteiger partial charge in [-0.15, -0.1) is 11.8 Å². The van der Waals surface area contributed by atoms with Crippen LogP contribution >= 0.6 is 27.7 Å². The fourth-order valence-corrected chi connectivity index (χ4v) is 4.54. The highest BCUT2D eigenvalue weighted by Crippen LogP contribution is 2.32. The number of aromatic amines is 1. The van der Waals surface area contributed by atoms with Crippen LogP contribution < -0.4 is 5.56 Å². The lowest BCUT2D eigenvalue weighted by atomic mass is 9.90. The Morgan fingerprint density at radius 1 is 1.23 bits per heavy atom. The molecular formula is C17H15BrN2OS. The average Bonchev–Trinajstić information content (AvgIpc) is 2.54. The van der Waals surface area contributed by atoms with Crippen LogP contribution in [0.15, 0.2) is 38.6 Å². The molecule has 1 N–H and O–H groups in total. The zero-order valence-corrected chi connectivity index (χ0v) is 14.4. The average molecular weight is 375 g/mol. The molecule has 0 bridgehead atoms. The van der Waals surface area contributed by atoms with Crippen LogP contribution in [-0.2, 0) is 18.6 Å². The summed E-state index contributed by atoms with van der Waals surface area (Å²) in [6, 6.07) is 10.2. The first-order valence-electron chi connectivity index (χ1n) is 7.25. The van der Waals surface area contributed by atoms with E-state index in [2.05, 4.69) is 33.0 Å². The molecule has 5 heteroatoms. The number of hydrogen-bond donors (Lipinski definition) is 1. The van der Waals surface area contributed by atoms with Gasteiger partial charge in [0.05, 0.1) is 5.03 Å². The Kier molecular flexibility index (Phi) is 4.70. The van der Waals surface area contributed by atoms with Crippen molar-refractivity contribution in [3.63, 3.8) is 0 Å². The molecule has 112 valence electrons. The first kappa shape index (κ1) is 15.4. The Morgan fingerprint density at radius 2 is 1.95 bits per heavy atom. The van der Waals surface area contributed by atoms with E-state index in [-0.39, 0.29) is 5.56 Å². The molecule has 0 fully saturated rings. The number of nitriles is 1. The fraction of sp³-hybridized carbons (Fsp3) is 0.294. The van der Waals surface area contributed by atoms with Crippen molar-refractivity contribution < 1.29 is 0 Å². The molecular weight excluding hydrogens is 360 g/mol. The van der Waals surface area contributed by atoms with Gasteiger partial charge in [-0.3, -0.25) is 4.79 Å². The minimum atomic E-state index is -0.252. The summed E-state index contributed by atoms with van der Waals surface area (Å²) < 4.78 is 1.08. The molecule has 22 heavy (non-hydrogen) atoms. The van der Waals surface area contributed by atoms with E-state index in [0.717, 1.165) is 46.5 Å². The molecule has 2 aromatic rings. The van der Waals surface area contributed by atoms with Gasteiger partial charge in [0.15, 0.2) is 0 Å². The maximum atomic E-state index is 12.1. The van der Waals surface area contributed by atoms with Crippen LogP contribution in [0.4, 0.5) is 0 Å². The third-order valence-electron chi connectivity index (χ3n) is 3.94. The summed E-state index contributed by atoms with van der Waals surface area (Å²) in [6.07, 6.45) is 3.95. The van der Waals surface area contributed by atoms with Crippen molar-refractivity contribution >= 4 is 27.7 Å². The number of pyridine rings is 1. The van der Waals surface area contributed by atoms with Gasteiger partial charge in [-0.25, -0.2) is 0 Å². The van der Waals surface area contributed by atoms with Crippen molar-refractivity contribution in [1.29, 1.82) is 5.26 Å². The minimum absolute atomic E-state index is 0.252. The highest BCUT2D eigenvalue weighted by atomic mass is 79.9. The molecule has 1 aromatic carbocycles. The maximum Gasteiger partial charge on any atom is 0.267 e. The van der Waals surface area contributed by atoms with Crippen molar-refractivity contribution in [3.8, 4) is 6.07 Å². The van der Waals surface area contributed by atoms with E-state index in [9.17, 15) is 10.1 Å². The number of nitrogens with one attached hydrogen (secondary N) is 1. The van der Waals surface area contributed by atoms with Gasteiger partial charge in [0, 0.05) is 10.2 Å². The van der Waals surface area contributed by atoms with E-state index in [4.69, 9.17) is 0 Å². The second-order valence-corrected chi connectivity index (χ2v) is 7.15. The topological polar surface area (TPSA) is 56.6 Å². The van der Waals surface area contributed by atoms with Crippen molar-refractivity contribution in [1.82, 2.24) is 4.98 Å². The molecule has 1 aromatic heterocycles. The quantitative estimate of drug-likeness (QED) is 0.819. The molecule has 0 unspecified atom stereocenters. The predicted octanol–water partition coefficient (Wildman–Crippen LogP) is 4.18. The van der Waals surface area contributed by atoms with Gasteiger partial charge in [0.2, 0.25) is 0 Å². The Morgan fingerprint density at radius 3 is 2.68 bits per heavy atom. The van der Waals surface area contributed by atoms with Crippen LogP contribution in [0.2, 0.25) is 0 Å². The predicted molar refractivity (Wildman–Crippen MR) is 92.1 cm³/mol. The third kappa shape index (κ3) is 2.99. The number of aromatic nitrogens is 1. The number of benzene rings is 1. The number of H-pyrrole nitrogens is 1. The smallest absolute Gasteiger partial charge is 0.267 e. The van der Waals surface area contributed by atoms with Crippen molar-refractivity contribution in [2.75, 3.05) is 0 Å². The van der Waals surface area contributed by atoms with Gasteiger partial charge < -0.3 is 4.98 Å². The van der Waals surface area contributed by atoms with Crippen molar-refractivity contribution in [3.05, 3.63) is 61.3 Å². The number of hydrogen-bond acceptors (Lipinski definition) is 3. The van der Waals surface area contributed by atoms with Crippen LogP contribution in [0.25, 0.3) is 0 Å². The highest BCUT2D eigenvalue weighted by molar-refractivity contribution is 9.10. The second kappa shape index (κ2) is 6.72. The lowest BCUT2D eigenvalue weighted by Crippen LogP contribution is -2.20. The van der Waals surface area contributed by atoms with Crippen LogP contribution in [0.3, 0.4) is 0 Å². The summed E-state index contributed by atoms with van der Waals surface area (Å²) in [5.74, 6) is 0.787. The monoisotopic (exact) mass is 374 g/mol. The normalized spacial score (nSPS) is 13.5. The lowest BCUT2D eigenvalue weighted by molar-refractivity contribution is 0.663. The summed E-state index contributed by atoms with van der Waals surface area (Å²) in [5, 5.41) is 10.2. The third-order valence-corrected chi connectivity index (χ3v) is 5.81. The summed E-state index contributed by atoms with van der Waals surface area (Å²) >= 11 is 5.19. The summed E-state index contributed by atoms with van der Waals surface area (Å²) in [5.41, 5.74) is 3.38. The molecule has 3 nitrogen and oxygen atoms in total. The molecule has 0 aliphatic heterocycles. The Bertz CT molecular complexity index is 807. The molecule has 1 aliphatic rings. The number of nitrogens with zero attached hydrogens (tertiary/aromatic N) is 1. The van der Waals surface area contributed by atoms with Crippen LogP contribution in [0.5, 0.6) is 0 Å². The molecule has 0 amide bonds.